The second kappa shape index (κ2) is 10.1. The molecule has 2 amide bonds. The smallest absolute Gasteiger partial charge is 0.387 e. The number of carbonyl (C=O) groups is 2. The largest absolute Gasteiger partial charge is 0.435 e. The molecule has 0 aliphatic carbocycles. The van der Waals surface area contributed by atoms with Gasteiger partial charge in [0.05, 0.1) is 17.3 Å². The number of ether oxygens (including phenoxy) is 1. The van der Waals surface area contributed by atoms with Gasteiger partial charge in [-0.1, -0.05) is 0 Å². The van der Waals surface area contributed by atoms with Gasteiger partial charge < -0.3 is 19.9 Å². The number of amides is 2. The summed E-state index contributed by atoms with van der Waals surface area (Å²) in [6.45, 7) is 5.16. The van der Waals surface area contributed by atoms with Gasteiger partial charge >= 0.3 is 6.61 Å². The van der Waals surface area contributed by atoms with Crippen molar-refractivity contribution in [2.75, 3.05) is 13.6 Å². The summed E-state index contributed by atoms with van der Waals surface area (Å²) in [7, 11) is 1.72. The van der Waals surface area contributed by atoms with Crippen molar-refractivity contribution < 1.29 is 23.1 Å². The average molecular weight is 514 g/mol. The van der Waals surface area contributed by atoms with Gasteiger partial charge in [-0.15, -0.1) is 0 Å². The van der Waals surface area contributed by atoms with Crippen LogP contribution in [0.15, 0.2) is 30.6 Å². The summed E-state index contributed by atoms with van der Waals surface area (Å²) in [4.78, 5) is 38.0. The molecule has 0 spiro atoms. The minimum absolute atomic E-state index is 0.0134. The molecule has 0 unspecified atom stereocenters. The Kier molecular flexibility index (Phi) is 7.10. The summed E-state index contributed by atoms with van der Waals surface area (Å²) in [5, 5.41) is 8.16. The van der Waals surface area contributed by atoms with E-state index in [0.29, 0.717) is 58.5 Å². The maximum absolute atomic E-state index is 12.9. The first-order valence-electron chi connectivity index (χ1n) is 11.8. The highest BCUT2D eigenvalue weighted by atomic mass is 19.3. The molecular weight excluding hydrogens is 484 g/mol. The molecule has 10 nitrogen and oxygen atoms in total. The molecule has 0 bridgehead atoms. The van der Waals surface area contributed by atoms with Gasteiger partial charge in [0, 0.05) is 44.2 Å². The zero-order chi connectivity index (χ0) is 26.9. The number of halogens is 2. The van der Waals surface area contributed by atoms with E-state index in [1.54, 1.807) is 28.9 Å². The molecule has 0 atom stereocenters. The number of nitrogens with zero attached hydrogens (tertiary/aromatic N) is 5. The van der Waals surface area contributed by atoms with E-state index >= 15 is 0 Å². The number of rotatable bonds is 8. The number of H-pyrrole nitrogens is 1. The molecule has 0 aliphatic heterocycles. The number of hydrogen-bond acceptors (Lipinski definition) is 6. The minimum atomic E-state index is -2.97. The van der Waals surface area contributed by atoms with Crippen molar-refractivity contribution in [2.45, 2.75) is 52.8 Å². The Balaban J connectivity index is 1.77. The van der Waals surface area contributed by atoms with Crippen molar-refractivity contribution in [3.05, 3.63) is 36.2 Å². The highest BCUT2D eigenvalue weighted by Crippen LogP contribution is 2.31. The number of aryl methyl sites for hydroxylation is 1. The van der Waals surface area contributed by atoms with Crippen molar-refractivity contribution in [3.8, 4) is 17.1 Å². The van der Waals surface area contributed by atoms with E-state index < -0.39 is 12.2 Å². The third-order valence-electron chi connectivity index (χ3n) is 5.70. The number of fused-ring (bicyclic) bond motifs is 2. The first-order chi connectivity index (χ1) is 17.4. The van der Waals surface area contributed by atoms with Crippen LogP contribution in [0.25, 0.3) is 33.5 Å². The van der Waals surface area contributed by atoms with Crippen molar-refractivity contribution in [1.29, 1.82) is 0 Å². The van der Waals surface area contributed by atoms with Crippen LogP contribution in [0.3, 0.4) is 0 Å². The number of alkyl halides is 2. The van der Waals surface area contributed by atoms with Crippen LogP contribution >= 0.6 is 0 Å². The van der Waals surface area contributed by atoms with E-state index in [9.17, 15) is 18.4 Å². The predicted molar refractivity (Wildman–Crippen MR) is 134 cm³/mol. The summed E-state index contributed by atoms with van der Waals surface area (Å²) in [6, 6.07) is 4.59. The lowest BCUT2D eigenvalue weighted by Crippen LogP contribution is -2.40. The number of aromatic amines is 1. The van der Waals surface area contributed by atoms with E-state index in [4.69, 9.17) is 5.10 Å². The Bertz CT molecular complexity index is 1460. The van der Waals surface area contributed by atoms with E-state index in [1.165, 1.54) is 25.3 Å². The molecule has 3 heterocycles. The number of aromatic nitrogens is 5. The molecule has 37 heavy (non-hydrogen) atoms. The first-order valence-corrected chi connectivity index (χ1v) is 11.8. The topological polar surface area (TPSA) is 118 Å². The van der Waals surface area contributed by atoms with E-state index in [2.05, 4.69) is 25.0 Å². The van der Waals surface area contributed by atoms with Crippen LogP contribution in [-0.4, -0.2) is 67.2 Å². The molecule has 4 aromatic rings. The molecule has 0 fully saturated rings. The van der Waals surface area contributed by atoms with Crippen LogP contribution in [0.5, 0.6) is 5.75 Å². The van der Waals surface area contributed by atoms with Crippen LogP contribution in [0, 0.1) is 0 Å². The van der Waals surface area contributed by atoms with Crippen molar-refractivity contribution in [2.24, 2.45) is 0 Å². The average Bonchev–Trinajstić information content (AvgIpc) is 3.38. The van der Waals surface area contributed by atoms with Crippen molar-refractivity contribution in [1.82, 2.24) is 34.9 Å². The van der Waals surface area contributed by atoms with Gasteiger partial charge in [0.25, 0.3) is 5.91 Å². The zero-order valence-electron chi connectivity index (χ0n) is 21.3. The quantitative estimate of drug-likeness (QED) is 0.368. The number of carbonyl (C=O) groups excluding carboxylic acids is 2. The second-order valence-corrected chi connectivity index (χ2v) is 9.78. The number of nitrogens with one attached hydrogen (secondary N) is 2. The lowest BCUT2D eigenvalue weighted by Gasteiger charge is -2.19. The zero-order valence-corrected chi connectivity index (χ0v) is 21.3. The van der Waals surface area contributed by atoms with Crippen LogP contribution in [0.2, 0.25) is 0 Å². The van der Waals surface area contributed by atoms with Crippen molar-refractivity contribution >= 4 is 33.9 Å². The minimum Gasteiger partial charge on any atom is -0.435 e. The Hall–Kier alpha value is -4.09. The molecule has 0 aliphatic rings. The summed E-state index contributed by atoms with van der Waals surface area (Å²) in [5.74, 6) is -0.357. The molecule has 4 rings (SSSR count). The Labute approximate surface area is 212 Å². The van der Waals surface area contributed by atoms with E-state index in [0.717, 1.165) is 0 Å². The summed E-state index contributed by atoms with van der Waals surface area (Å²) in [5.41, 5.74) is 2.15. The highest BCUT2D eigenvalue weighted by molar-refractivity contribution is 6.05. The maximum Gasteiger partial charge on any atom is 0.387 e. The molecule has 3 aromatic heterocycles. The third kappa shape index (κ3) is 5.84. The molecule has 0 saturated carbocycles. The van der Waals surface area contributed by atoms with Crippen LogP contribution in [0.1, 0.15) is 44.5 Å². The first kappa shape index (κ1) is 26.0. The SMILES string of the molecule is CC(=O)N(C)CCCn1nc(-c2cnc3[nH]cc(C(=O)NC(C)(C)C)c3n2)c2cc(OC(F)F)ccc21. The lowest BCUT2D eigenvalue weighted by atomic mass is 10.1. The molecule has 0 saturated heterocycles. The van der Waals surface area contributed by atoms with Gasteiger partial charge in [0.15, 0.2) is 5.65 Å². The molecule has 12 heteroatoms. The molecule has 2 N–H and O–H groups in total. The van der Waals surface area contributed by atoms with Crippen LogP contribution in [-0.2, 0) is 11.3 Å². The lowest BCUT2D eigenvalue weighted by molar-refractivity contribution is -0.127. The Morgan fingerprint density at radius 3 is 2.70 bits per heavy atom. The Morgan fingerprint density at radius 2 is 2.03 bits per heavy atom. The van der Waals surface area contributed by atoms with E-state index in [1.807, 2.05) is 20.8 Å². The van der Waals surface area contributed by atoms with Crippen molar-refractivity contribution in [3.63, 3.8) is 0 Å². The molecular formula is C25H29F2N7O3. The Morgan fingerprint density at radius 1 is 1.27 bits per heavy atom. The molecule has 196 valence electrons. The predicted octanol–water partition coefficient (Wildman–Crippen LogP) is 3.97. The van der Waals surface area contributed by atoms with E-state index in [-0.39, 0.29) is 17.6 Å². The fraction of sp³-hybridized carbons (Fsp3) is 0.400. The molecule has 1 aromatic carbocycles. The normalized spacial score (nSPS) is 11.9. The monoisotopic (exact) mass is 513 g/mol. The fourth-order valence-corrected chi connectivity index (χ4v) is 3.90. The summed E-state index contributed by atoms with van der Waals surface area (Å²) >= 11 is 0. The van der Waals surface area contributed by atoms with Gasteiger partial charge in [0.2, 0.25) is 5.91 Å². The standard InChI is InChI=1S/C25H29F2N7O3/c1-14(35)33(5)9-6-10-34-19-8-7-15(37-24(26)27)11-16(19)20(32-34)18-13-29-22-21(30-18)17(12-28-22)23(36)31-25(2,3)4/h7-8,11-13,24H,6,9-10H2,1-5H3,(H,28,29)(H,31,36). The van der Waals surface area contributed by atoms with Gasteiger partial charge in [0.1, 0.15) is 22.7 Å². The third-order valence-corrected chi connectivity index (χ3v) is 5.70. The van der Waals surface area contributed by atoms with Crippen LogP contribution in [0.4, 0.5) is 8.78 Å². The summed E-state index contributed by atoms with van der Waals surface area (Å²) in [6.07, 6.45) is 3.69. The van der Waals surface area contributed by atoms with Gasteiger partial charge in [-0.2, -0.15) is 13.9 Å². The van der Waals surface area contributed by atoms with Gasteiger partial charge in [-0.05, 0) is 45.4 Å². The summed E-state index contributed by atoms with van der Waals surface area (Å²) < 4.78 is 32.1. The maximum atomic E-state index is 12.9. The molecule has 0 radical (unpaired) electrons. The highest BCUT2D eigenvalue weighted by Gasteiger charge is 2.22. The van der Waals surface area contributed by atoms with Gasteiger partial charge in [-0.25, -0.2) is 9.97 Å². The second-order valence-electron chi connectivity index (χ2n) is 9.78. The number of hydrogen-bond donors (Lipinski definition) is 2. The fourth-order valence-electron chi connectivity index (χ4n) is 3.90. The number of benzene rings is 1. The van der Waals surface area contributed by atoms with Gasteiger partial charge in [-0.3, -0.25) is 14.3 Å². The van der Waals surface area contributed by atoms with Crippen LogP contribution < -0.4 is 10.1 Å².